The second-order valence-electron chi connectivity index (χ2n) is 10.2. The quantitative estimate of drug-likeness (QED) is 0.131. The second-order valence-corrected chi connectivity index (χ2v) is 11.3. The molecule has 0 saturated carbocycles. The molecule has 6 aromatic carbocycles. The summed E-state index contributed by atoms with van der Waals surface area (Å²) in [6, 6.07) is 41.9. The van der Waals surface area contributed by atoms with Gasteiger partial charge in [-0.05, 0) is 83.9 Å². The van der Waals surface area contributed by atoms with Crippen molar-refractivity contribution in [2.24, 2.45) is 0 Å². The van der Waals surface area contributed by atoms with E-state index in [4.69, 9.17) is 9.47 Å². The maximum atomic E-state index is 13.0. The van der Waals surface area contributed by atoms with Gasteiger partial charge < -0.3 is 19.7 Å². The van der Waals surface area contributed by atoms with Crippen molar-refractivity contribution in [2.75, 3.05) is 10.6 Å². The number of ether oxygens (including phenoxy) is 2. The Morgan fingerprint density at radius 2 is 0.851 bits per heavy atom. The summed E-state index contributed by atoms with van der Waals surface area (Å²) in [4.78, 5) is 27.5. The van der Waals surface area contributed by atoms with E-state index < -0.39 is 12.2 Å². The number of carbonyl (C=O) groups excluding carboxylic acids is 2. The van der Waals surface area contributed by atoms with E-state index in [1.807, 2.05) is 36.4 Å². The van der Waals surface area contributed by atoms with Crippen LogP contribution in [0.2, 0.25) is 0 Å². The van der Waals surface area contributed by atoms with E-state index in [1.165, 1.54) is 11.8 Å². The standard InChI is InChI=1S/C38H28N2O6S/c41-27-21-17-25(18-22-27)35-31(39-37(43)45-29-9-3-1-4-10-29)13-7-15-33(35)47-34-16-8-14-32(36(34)26-19-23-28(42)24-20-26)40-38(44)46-30-11-5-2-6-12-30/h1-24,41-42H,(H,39,43)(H,40,44). The summed E-state index contributed by atoms with van der Waals surface area (Å²) in [6.07, 6.45) is -1.32. The van der Waals surface area contributed by atoms with Crippen molar-refractivity contribution in [1.29, 1.82) is 0 Å². The van der Waals surface area contributed by atoms with E-state index in [-0.39, 0.29) is 11.5 Å². The molecule has 0 bridgehead atoms. The molecule has 6 aromatic rings. The number of benzene rings is 6. The van der Waals surface area contributed by atoms with Crippen LogP contribution in [0.4, 0.5) is 21.0 Å². The Balaban J connectivity index is 1.39. The Hall–Kier alpha value is -6.19. The summed E-state index contributed by atoms with van der Waals surface area (Å²) in [5.41, 5.74) is 3.87. The number of para-hydroxylation sites is 2. The van der Waals surface area contributed by atoms with Crippen molar-refractivity contribution < 1.29 is 29.3 Å². The Kier molecular flexibility index (Phi) is 9.36. The van der Waals surface area contributed by atoms with Crippen molar-refractivity contribution in [3.8, 4) is 45.3 Å². The van der Waals surface area contributed by atoms with Crippen LogP contribution in [0.3, 0.4) is 0 Å². The normalized spacial score (nSPS) is 10.6. The Labute approximate surface area is 275 Å². The molecule has 0 aromatic heterocycles. The van der Waals surface area contributed by atoms with Crippen LogP contribution in [-0.4, -0.2) is 22.4 Å². The van der Waals surface area contributed by atoms with Crippen molar-refractivity contribution in [3.63, 3.8) is 0 Å². The van der Waals surface area contributed by atoms with Gasteiger partial charge in [-0.15, -0.1) is 0 Å². The van der Waals surface area contributed by atoms with Crippen molar-refractivity contribution in [2.45, 2.75) is 9.79 Å². The largest absolute Gasteiger partial charge is 0.508 e. The zero-order valence-electron chi connectivity index (χ0n) is 24.8. The summed E-state index contributed by atoms with van der Waals surface area (Å²) in [7, 11) is 0. The molecule has 0 spiro atoms. The fraction of sp³-hybridized carbons (Fsp3) is 0. The zero-order chi connectivity index (χ0) is 32.6. The third-order valence-electron chi connectivity index (χ3n) is 6.97. The van der Waals surface area contributed by atoms with E-state index >= 15 is 0 Å². The van der Waals surface area contributed by atoms with Crippen molar-refractivity contribution in [1.82, 2.24) is 0 Å². The molecule has 0 heterocycles. The highest BCUT2D eigenvalue weighted by Gasteiger charge is 2.20. The van der Waals surface area contributed by atoms with Crippen molar-refractivity contribution in [3.05, 3.63) is 146 Å². The molecule has 0 saturated heterocycles. The molecule has 0 aliphatic heterocycles. The fourth-order valence-electron chi connectivity index (χ4n) is 4.87. The average molecular weight is 641 g/mol. The molecule has 0 fully saturated rings. The molecule has 2 amide bonds. The van der Waals surface area contributed by atoms with Gasteiger partial charge in [0.2, 0.25) is 0 Å². The fourth-order valence-corrected chi connectivity index (χ4v) is 6.06. The highest BCUT2D eigenvalue weighted by atomic mass is 32.2. The monoisotopic (exact) mass is 640 g/mol. The SMILES string of the molecule is O=C(Nc1cccc(Sc2cccc(NC(=O)Oc3ccccc3)c2-c2ccc(O)cc2)c1-c1ccc(O)cc1)Oc1ccccc1. The van der Waals surface area contributed by atoms with E-state index in [0.717, 1.165) is 20.9 Å². The van der Waals surface area contributed by atoms with E-state index in [2.05, 4.69) is 10.6 Å². The van der Waals surface area contributed by atoms with Gasteiger partial charge in [-0.1, -0.05) is 84.6 Å². The summed E-state index contributed by atoms with van der Waals surface area (Å²) in [6.45, 7) is 0. The maximum Gasteiger partial charge on any atom is 0.417 e. The molecule has 4 N–H and O–H groups in total. The van der Waals surface area contributed by atoms with Crippen LogP contribution in [0.5, 0.6) is 23.0 Å². The lowest BCUT2D eigenvalue weighted by atomic mass is 10.0. The molecule has 0 aliphatic rings. The molecule has 232 valence electrons. The molecule has 0 atom stereocenters. The van der Waals surface area contributed by atoms with Crippen LogP contribution in [0.1, 0.15) is 0 Å². The van der Waals surface area contributed by atoms with E-state index in [9.17, 15) is 19.8 Å². The summed E-state index contributed by atoms with van der Waals surface area (Å²) < 4.78 is 11.0. The number of phenolic OH excluding ortho intramolecular Hbond substituents is 2. The summed E-state index contributed by atoms with van der Waals surface area (Å²) in [5.74, 6) is 1.01. The number of rotatable bonds is 8. The predicted molar refractivity (Wildman–Crippen MR) is 183 cm³/mol. The molecule has 47 heavy (non-hydrogen) atoms. The third-order valence-corrected chi connectivity index (χ3v) is 8.09. The average Bonchev–Trinajstić information content (AvgIpc) is 3.07. The smallest absolute Gasteiger partial charge is 0.417 e. The van der Waals surface area contributed by atoms with Gasteiger partial charge >= 0.3 is 12.2 Å². The van der Waals surface area contributed by atoms with Crippen molar-refractivity contribution >= 4 is 35.3 Å². The maximum absolute atomic E-state index is 13.0. The number of aromatic hydroxyl groups is 2. The van der Waals surface area contributed by atoms with Crippen LogP contribution < -0.4 is 20.1 Å². The van der Waals surface area contributed by atoms with Gasteiger partial charge in [0.05, 0.1) is 11.4 Å². The Morgan fingerprint density at radius 1 is 0.468 bits per heavy atom. The Morgan fingerprint density at radius 3 is 1.23 bits per heavy atom. The number of nitrogens with one attached hydrogen (secondary N) is 2. The molecule has 0 aliphatic carbocycles. The first-order valence-corrected chi connectivity index (χ1v) is 15.3. The van der Waals surface area contributed by atoms with Gasteiger partial charge in [0.25, 0.3) is 0 Å². The predicted octanol–water partition coefficient (Wildman–Crippen LogP) is 9.80. The van der Waals surface area contributed by atoms with Gasteiger partial charge in [0.1, 0.15) is 23.0 Å². The first kappa shape index (κ1) is 30.8. The lowest BCUT2D eigenvalue weighted by Crippen LogP contribution is -2.17. The molecule has 0 unspecified atom stereocenters. The molecule has 6 rings (SSSR count). The lowest BCUT2D eigenvalue weighted by molar-refractivity contribution is 0.214. The number of amides is 2. The lowest BCUT2D eigenvalue weighted by Gasteiger charge is -2.19. The third kappa shape index (κ3) is 7.73. The number of phenols is 2. The topological polar surface area (TPSA) is 117 Å². The second kappa shape index (κ2) is 14.3. The van der Waals surface area contributed by atoms with Gasteiger partial charge in [-0.2, -0.15) is 0 Å². The van der Waals surface area contributed by atoms with Gasteiger partial charge in [0.15, 0.2) is 0 Å². The molecule has 0 radical (unpaired) electrons. The summed E-state index contributed by atoms with van der Waals surface area (Å²) >= 11 is 1.42. The van der Waals surface area contributed by atoms with Gasteiger partial charge in [-0.3, -0.25) is 10.6 Å². The minimum atomic E-state index is -0.661. The number of carbonyl (C=O) groups is 2. The van der Waals surface area contributed by atoms with Crippen LogP contribution in [0.15, 0.2) is 155 Å². The molecular weight excluding hydrogens is 612 g/mol. The first-order chi connectivity index (χ1) is 22.9. The van der Waals surface area contributed by atoms with Gasteiger partial charge in [0, 0.05) is 20.9 Å². The molecule has 8 nitrogen and oxygen atoms in total. The number of hydrogen-bond acceptors (Lipinski definition) is 7. The minimum absolute atomic E-state index is 0.104. The molecular formula is C38H28N2O6S. The van der Waals surface area contributed by atoms with E-state index in [1.54, 1.807) is 109 Å². The van der Waals surface area contributed by atoms with Crippen LogP contribution >= 0.6 is 11.8 Å². The van der Waals surface area contributed by atoms with Crippen LogP contribution in [0.25, 0.3) is 22.3 Å². The highest BCUT2D eigenvalue weighted by molar-refractivity contribution is 7.99. The zero-order valence-corrected chi connectivity index (χ0v) is 25.6. The minimum Gasteiger partial charge on any atom is -0.508 e. The highest BCUT2D eigenvalue weighted by Crippen LogP contribution is 2.46. The number of hydrogen-bond donors (Lipinski definition) is 4. The van der Waals surface area contributed by atoms with Crippen LogP contribution in [0, 0.1) is 0 Å². The van der Waals surface area contributed by atoms with E-state index in [0.29, 0.717) is 34.0 Å². The first-order valence-electron chi connectivity index (χ1n) is 14.5. The number of anilines is 2. The molecule has 9 heteroatoms. The summed E-state index contributed by atoms with van der Waals surface area (Å²) in [5, 5.41) is 25.8. The van der Waals surface area contributed by atoms with Crippen LogP contribution in [-0.2, 0) is 0 Å². The van der Waals surface area contributed by atoms with Gasteiger partial charge in [-0.25, -0.2) is 9.59 Å². The Bertz CT molecular complexity index is 1860.